The summed E-state index contributed by atoms with van der Waals surface area (Å²) in [5.41, 5.74) is 1.07. The maximum Gasteiger partial charge on any atom is 0.316 e. The highest BCUT2D eigenvalue weighted by Crippen LogP contribution is 2.32. The van der Waals surface area contributed by atoms with Gasteiger partial charge in [-0.3, -0.25) is 4.79 Å². The van der Waals surface area contributed by atoms with Crippen LogP contribution in [0.3, 0.4) is 0 Å². The minimum Gasteiger partial charge on any atom is -0.426 e. The molecule has 0 unspecified atom stereocenters. The number of esters is 1. The first-order chi connectivity index (χ1) is 12.2. The van der Waals surface area contributed by atoms with Gasteiger partial charge in [-0.15, -0.1) is 0 Å². The number of ether oxygens (including phenoxy) is 1. The second kappa shape index (κ2) is 8.70. The number of anilines is 1. The Morgan fingerprint density at radius 1 is 0.960 bits per heavy atom. The number of hydrogen-bond acceptors (Lipinski definition) is 3. The van der Waals surface area contributed by atoms with Gasteiger partial charge in [0, 0.05) is 11.7 Å². The molecule has 1 saturated carbocycles. The molecule has 0 spiro atoms. The van der Waals surface area contributed by atoms with Crippen LogP contribution in [0, 0.1) is 11.8 Å². The van der Waals surface area contributed by atoms with Crippen LogP contribution in [0.5, 0.6) is 5.75 Å². The highest BCUT2D eigenvalue weighted by atomic mass is 16.5. The SMILES string of the molecule is C[C@H](C(=O)Oc1ccccc1)[C@H](Nc1ccccc1)C1CCCCC1. The molecule has 2 aromatic carbocycles. The lowest BCUT2D eigenvalue weighted by Crippen LogP contribution is -2.41. The molecule has 0 saturated heterocycles. The summed E-state index contributed by atoms with van der Waals surface area (Å²) >= 11 is 0. The predicted molar refractivity (Wildman–Crippen MR) is 102 cm³/mol. The van der Waals surface area contributed by atoms with Gasteiger partial charge in [0.1, 0.15) is 5.75 Å². The first kappa shape index (κ1) is 17.5. The number of carbonyl (C=O) groups excluding carboxylic acids is 1. The number of hydrogen-bond donors (Lipinski definition) is 1. The summed E-state index contributed by atoms with van der Waals surface area (Å²) in [4.78, 5) is 12.7. The average Bonchev–Trinajstić information content (AvgIpc) is 2.68. The van der Waals surface area contributed by atoms with Gasteiger partial charge >= 0.3 is 5.97 Å². The van der Waals surface area contributed by atoms with Crippen molar-refractivity contribution >= 4 is 11.7 Å². The maximum atomic E-state index is 12.7. The molecule has 3 nitrogen and oxygen atoms in total. The van der Waals surface area contributed by atoms with E-state index >= 15 is 0 Å². The predicted octanol–water partition coefficient (Wildman–Crippen LogP) is 5.29. The van der Waals surface area contributed by atoms with E-state index in [9.17, 15) is 4.79 Å². The molecule has 1 aliphatic rings. The molecule has 0 aliphatic heterocycles. The van der Waals surface area contributed by atoms with Gasteiger partial charge in [-0.05, 0) is 49.9 Å². The zero-order chi connectivity index (χ0) is 17.5. The number of benzene rings is 2. The topological polar surface area (TPSA) is 38.3 Å². The molecule has 3 heteroatoms. The average molecular weight is 337 g/mol. The Labute approximate surface area is 150 Å². The molecule has 1 fully saturated rings. The van der Waals surface area contributed by atoms with Gasteiger partial charge in [-0.25, -0.2) is 0 Å². The summed E-state index contributed by atoms with van der Waals surface area (Å²) in [7, 11) is 0. The van der Waals surface area contributed by atoms with Crippen molar-refractivity contribution in [1.29, 1.82) is 0 Å². The van der Waals surface area contributed by atoms with Crippen molar-refractivity contribution < 1.29 is 9.53 Å². The molecular formula is C22H27NO2. The molecular weight excluding hydrogens is 310 g/mol. The van der Waals surface area contributed by atoms with E-state index in [1.807, 2.05) is 55.5 Å². The van der Waals surface area contributed by atoms with Crippen molar-refractivity contribution in [2.24, 2.45) is 11.8 Å². The molecule has 1 N–H and O–H groups in total. The van der Waals surface area contributed by atoms with E-state index in [4.69, 9.17) is 4.74 Å². The molecule has 0 bridgehead atoms. The fourth-order valence-corrected chi connectivity index (χ4v) is 3.72. The van der Waals surface area contributed by atoms with Crippen molar-refractivity contribution in [3.05, 3.63) is 60.7 Å². The third-order valence-electron chi connectivity index (χ3n) is 5.14. The second-order valence-electron chi connectivity index (χ2n) is 6.96. The Balaban J connectivity index is 1.73. The zero-order valence-corrected chi connectivity index (χ0v) is 14.9. The van der Waals surface area contributed by atoms with Crippen molar-refractivity contribution in [3.63, 3.8) is 0 Å². The summed E-state index contributed by atoms with van der Waals surface area (Å²) in [6.45, 7) is 1.99. The summed E-state index contributed by atoms with van der Waals surface area (Å²) in [6.07, 6.45) is 6.15. The monoisotopic (exact) mass is 337 g/mol. The quantitative estimate of drug-likeness (QED) is 0.575. The Hall–Kier alpha value is -2.29. The molecule has 0 aromatic heterocycles. The minimum atomic E-state index is -0.205. The summed E-state index contributed by atoms with van der Waals surface area (Å²) in [5.74, 6) is 0.752. The van der Waals surface area contributed by atoms with Crippen LogP contribution < -0.4 is 10.1 Å². The molecule has 2 aromatic rings. The van der Waals surface area contributed by atoms with Gasteiger partial charge in [0.25, 0.3) is 0 Å². The van der Waals surface area contributed by atoms with Crippen LogP contribution in [-0.4, -0.2) is 12.0 Å². The normalized spacial score (nSPS) is 17.5. The molecule has 3 rings (SSSR count). The fourth-order valence-electron chi connectivity index (χ4n) is 3.72. The van der Waals surface area contributed by atoms with Crippen molar-refractivity contribution in [3.8, 4) is 5.75 Å². The Morgan fingerprint density at radius 3 is 2.20 bits per heavy atom. The van der Waals surface area contributed by atoms with E-state index in [-0.39, 0.29) is 17.9 Å². The third-order valence-corrected chi connectivity index (χ3v) is 5.14. The molecule has 0 amide bonds. The lowest BCUT2D eigenvalue weighted by Gasteiger charge is -2.34. The first-order valence-corrected chi connectivity index (χ1v) is 9.32. The summed E-state index contributed by atoms with van der Waals surface area (Å²) in [5, 5.41) is 3.61. The number of rotatable bonds is 6. The van der Waals surface area contributed by atoms with Crippen LogP contribution >= 0.6 is 0 Å². The summed E-state index contributed by atoms with van der Waals surface area (Å²) < 4.78 is 5.61. The van der Waals surface area contributed by atoms with Gasteiger partial charge in [0.2, 0.25) is 0 Å². The molecule has 0 heterocycles. The van der Waals surface area contributed by atoms with E-state index in [0.717, 1.165) is 5.69 Å². The van der Waals surface area contributed by atoms with Gasteiger partial charge in [0.15, 0.2) is 0 Å². The Bertz CT molecular complexity index is 650. The van der Waals surface area contributed by atoms with Crippen LogP contribution in [0.25, 0.3) is 0 Å². The highest BCUT2D eigenvalue weighted by Gasteiger charge is 2.33. The van der Waals surface area contributed by atoms with Crippen LogP contribution in [0.1, 0.15) is 39.0 Å². The van der Waals surface area contributed by atoms with Crippen LogP contribution in [0.15, 0.2) is 60.7 Å². The fraction of sp³-hybridized carbons (Fsp3) is 0.409. The standard InChI is InChI=1S/C22H27NO2/c1-17(22(24)25-20-15-9-4-10-16-20)21(18-11-5-2-6-12-18)23-19-13-7-3-8-14-19/h3-4,7-10,13-18,21,23H,2,5-6,11-12H2,1H3/t17-,21-/m0/s1. The minimum absolute atomic E-state index is 0.0962. The van der Waals surface area contributed by atoms with E-state index in [2.05, 4.69) is 17.4 Å². The smallest absolute Gasteiger partial charge is 0.316 e. The van der Waals surface area contributed by atoms with Crippen molar-refractivity contribution in [1.82, 2.24) is 0 Å². The van der Waals surface area contributed by atoms with E-state index in [0.29, 0.717) is 11.7 Å². The van der Waals surface area contributed by atoms with Crippen LogP contribution in [0.2, 0.25) is 0 Å². The lowest BCUT2D eigenvalue weighted by atomic mass is 9.79. The zero-order valence-electron chi connectivity index (χ0n) is 14.9. The van der Waals surface area contributed by atoms with E-state index < -0.39 is 0 Å². The molecule has 0 radical (unpaired) electrons. The molecule has 25 heavy (non-hydrogen) atoms. The van der Waals surface area contributed by atoms with Gasteiger partial charge in [0.05, 0.1) is 5.92 Å². The third kappa shape index (κ3) is 4.85. The Morgan fingerprint density at radius 2 is 1.56 bits per heavy atom. The van der Waals surface area contributed by atoms with Crippen LogP contribution in [-0.2, 0) is 4.79 Å². The number of nitrogens with one attached hydrogen (secondary N) is 1. The lowest BCUT2D eigenvalue weighted by molar-refractivity contribution is -0.139. The summed E-state index contributed by atoms with van der Waals surface area (Å²) in [6, 6.07) is 19.6. The second-order valence-corrected chi connectivity index (χ2v) is 6.96. The largest absolute Gasteiger partial charge is 0.426 e. The van der Waals surface area contributed by atoms with Crippen LogP contribution in [0.4, 0.5) is 5.69 Å². The molecule has 132 valence electrons. The Kier molecular flexibility index (Phi) is 6.10. The maximum absolute atomic E-state index is 12.7. The van der Waals surface area contributed by atoms with Gasteiger partial charge in [-0.1, -0.05) is 55.7 Å². The number of para-hydroxylation sites is 2. The van der Waals surface area contributed by atoms with Crippen molar-refractivity contribution in [2.75, 3.05) is 5.32 Å². The molecule has 2 atom stereocenters. The first-order valence-electron chi connectivity index (χ1n) is 9.32. The van der Waals surface area contributed by atoms with Gasteiger partial charge in [-0.2, -0.15) is 0 Å². The molecule has 1 aliphatic carbocycles. The van der Waals surface area contributed by atoms with E-state index in [1.165, 1.54) is 32.1 Å². The number of carbonyl (C=O) groups is 1. The van der Waals surface area contributed by atoms with Gasteiger partial charge < -0.3 is 10.1 Å². The highest BCUT2D eigenvalue weighted by molar-refractivity contribution is 5.76. The van der Waals surface area contributed by atoms with E-state index in [1.54, 1.807) is 0 Å². The van der Waals surface area contributed by atoms with Crippen molar-refractivity contribution in [2.45, 2.75) is 45.1 Å².